The summed E-state index contributed by atoms with van der Waals surface area (Å²) in [6.45, 7) is 2.85. The van der Waals surface area contributed by atoms with Gasteiger partial charge in [-0.25, -0.2) is 4.98 Å². The lowest BCUT2D eigenvalue weighted by Crippen LogP contribution is -2.41. The number of rotatable bonds is 4. The van der Waals surface area contributed by atoms with Crippen LogP contribution in [0, 0.1) is 6.92 Å². The minimum atomic E-state index is -0.288. The van der Waals surface area contributed by atoms with Crippen LogP contribution in [0.15, 0.2) is 36.7 Å². The number of fused-ring (bicyclic) bond motifs is 1. The molecule has 4 rings (SSSR count). The fraction of sp³-hybridized carbons (Fsp3) is 0.364. The Morgan fingerprint density at radius 2 is 2.07 bits per heavy atom. The Labute approximate surface area is 175 Å². The first-order valence-corrected chi connectivity index (χ1v) is 10.0. The third-order valence-corrected chi connectivity index (χ3v) is 5.45. The molecule has 2 aromatic heterocycles. The number of benzene rings is 1. The van der Waals surface area contributed by atoms with Gasteiger partial charge in [0, 0.05) is 51.9 Å². The summed E-state index contributed by atoms with van der Waals surface area (Å²) >= 11 is 0. The number of amides is 2. The van der Waals surface area contributed by atoms with Crippen molar-refractivity contribution in [2.24, 2.45) is 7.05 Å². The van der Waals surface area contributed by atoms with E-state index in [-0.39, 0.29) is 23.6 Å². The maximum atomic E-state index is 12.9. The van der Waals surface area contributed by atoms with Crippen molar-refractivity contribution in [3.05, 3.63) is 59.3 Å². The molecule has 0 fully saturated rings. The highest BCUT2D eigenvalue weighted by atomic mass is 16.2. The molecule has 30 heavy (non-hydrogen) atoms. The van der Waals surface area contributed by atoms with E-state index in [1.807, 2.05) is 6.07 Å². The van der Waals surface area contributed by atoms with Crippen LogP contribution < -0.4 is 5.32 Å². The van der Waals surface area contributed by atoms with Crippen molar-refractivity contribution in [1.29, 1.82) is 0 Å². The first-order valence-electron chi connectivity index (χ1n) is 10.0. The number of hydrogen-bond donors (Lipinski definition) is 1. The molecule has 8 heteroatoms. The average Bonchev–Trinajstić information content (AvgIpc) is 3.30. The Morgan fingerprint density at radius 1 is 1.27 bits per heavy atom. The SMILES string of the molecule is Cc1cccc(-c2cn3c(n2)C[C@H](NC(=O)c2c(C(=O)N(C)C)cnn2C)CC3)c1. The lowest BCUT2D eigenvalue weighted by molar-refractivity contribution is 0.0814. The molecule has 1 atom stereocenters. The number of carbonyl (C=O) groups excluding carboxylic acids is 2. The Bertz CT molecular complexity index is 1110. The van der Waals surface area contributed by atoms with E-state index < -0.39 is 0 Å². The van der Waals surface area contributed by atoms with Gasteiger partial charge < -0.3 is 14.8 Å². The molecule has 1 aliphatic rings. The summed E-state index contributed by atoms with van der Waals surface area (Å²) in [6.07, 6.45) is 4.97. The third kappa shape index (κ3) is 3.72. The van der Waals surface area contributed by atoms with Crippen molar-refractivity contribution in [2.75, 3.05) is 14.1 Å². The number of hydrogen-bond acceptors (Lipinski definition) is 4. The number of aromatic nitrogens is 4. The molecule has 1 N–H and O–H groups in total. The summed E-state index contributed by atoms with van der Waals surface area (Å²) in [5.74, 6) is 0.428. The second-order valence-electron chi connectivity index (χ2n) is 8.00. The summed E-state index contributed by atoms with van der Waals surface area (Å²) in [7, 11) is 4.98. The van der Waals surface area contributed by atoms with E-state index in [2.05, 4.69) is 46.3 Å². The topological polar surface area (TPSA) is 85.1 Å². The van der Waals surface area contributed by atoms with Gasteiger partial charge in [-0.3, -0.25) is 14.3 Å². The normalized spacial score (nSPS) is 15.5. The molecule has 3 heterocycles. The highest BCUT2D eigenvalue weighted by Gasteiger charge is 2.27. The zero-order valence-corrected chi connectivity index (χ0v) is 17.7. The fourth-order valence-electron chi connectivity index (χ4n) is 3.85. The van der Waals surface area contributed by atoms with E-state index >= 15 is 0 Å². The van der Waals surface area contributed by atoms with Crippen molar-refractivity contribution in [1.82, 2.24) is 29.5 Å². The van der Waals surface area contributed by atoms with Gasteiger partial charge in [-0.2, -0.15) is 5.10 Å². The van der Waals surface area contributed by atoms with Gasteiger partial charge in [-0.1, -0.05) is 23.8 Å². The van der Waals surface area contributed by atoms with Gasteiger partial charge in [0.15, 0.2) is 0 Å². The number of carbonyl (C=O) groups is 2. The molecular weight excluding hydrogens is 380 g/mol. The first-order chi connectivity index (χ1) is 14.3. The molecule has 1 aliphatic heterocycles. The molecule has 2 amide bonds. The molecule has 0 bridgehead atoms. The maximum absolute atomic E-state index is 12.9. The zero-order chi connectivity index (χ0) is 21.4. The molecule has 8 nitrogen and oxygen atoms in total. The van der Waals surface area contributed by atoms with Gasteiger partial charge in [0.05, 0.1) is 17.5 Å². The predicted octanol–water partition coefficient (Wildman–Crippen LogP) is 2.04. The number of nitrogens with one attached hydrogen (secondary N) is 1. The zero-order valence-electron chi connectivity index (χ0n) is 17.7. The molecular formula is C22H26N6O2. The Morgan fingerprint density at radius 3 is 2.80 bits per heavy atom. The van der Waals surface area contributed by atoms with E-state index in [9.17, 15) is 9.59 Å². The smallest absolute Gasteiger partial charge is 0.270 e. The van der Waals surface area contributed by atoms with Crippen LogP contribution in [0.3, 0.4) is 0 Å². The maximum Gasteiger partial charge on any atom is 0.270 e. The van der Waals surface area contributed by atoms with Gasteiger partial charge >= 0.3 is 0 Å². The summed E-state index contributed by atoms with van der Waals surface area (Å²) in [6, 6.07) is 8.24. The second kappa shape index (κ2) is 7.78. The molecule has 1 aromatic carbocycles. The number of aryl methyl sites for hydroxylation is 3. The lowest BCUT2D eigenvalue weighted by Gasteiger charge is -2.24. The van der Waals surface area contributed by atoms with Gasteiger partial charge in [0.25, 0.3) is 11.8 Å². The third-order valence-electron chi connectivity index (χ3n) is 5.45. The summed E-state index contributed by atoms with van der Waals surface area (Å²) in [5.41, 5.74) is 3.83. The Hall–Kier alpha value is -3.42. The molecule has 0 saturated carbocycles. The summed E-state index contributed by atoms with van der Waals surface area (Å²) < 4.78 is 3.61. The van der Waals surface area contributed by atoms with Crippen LogP contribution >= 0.6 is 0 Å². The van der Waals surface area contributed by atoms with Crippen molar-refractivity contribution < 1.29 is 9.59 Å². The van der Waals surface area contributed by atoms with Crippen molar-refractivity contribution >= 4 is 11.8 Å². The monoisotopic (exact) mass is 406 g/mol. The van der Waals surface area contributed by atoms with Crippen LogP contribution in [0.25, 0.3) is 11.3 Å². The van der Waals surface area contributed by atoms with E-state index in [0.29, 0.717) is 12.0 Å². The molecule has 0 saturated heterocycles. The molecule has 156 valence electrons. The minimum Gasteiger partial charge on any atom is -0.347 e. The lowest BCUT2D eigenvalue weighted by atomic mass is 10.1. The standard InChI is InChI=1S/C22H26N6O2/c1-14-6-5-7-15(10-14)18-13-28-9-8-16(11-19(28)25-18)24-21(29)20-17(12-23-27(20)4)22(30)26(2)3/h5-7,10,12-13,16H,8-9,11H2,1-4H3,(H,24,29)/t16-/m1/s1. The van der Waals surface area contributed by atoms with Crippen LogP contribution in [0.1, 0.15) is 38.7 Å². The van der Waals surface area contributed by atoms with Crippen molar-refractivity contribution in [2.45, 2.75) is 32.4 Å². The van der Waals surface area contributed by atoms with Gasteiger partial charge in [0.2, 0.25) is 0 Å². The number of nitrogens with zero attached hydrogens (tertiary/aromatic N) is 5. The van der Waals surface area contributed by atoms with E-state index in [4.69, 9.17) is 4.98 Å². The van der Waals surface area contributed by atoms with E-state index in [0.717, 1.165) is 30.0 Å². The highest BCUT2D eigenvalue weighted by Crippen LogP contribution is 2.24. The van der Waals surface area contributed by atoms with Crippen molar-refractivity contribution in [3.8, 4) is 11.3 Å². The van der Waals surface area contributed by atoms with Crippen LogP contribution in [-0.2, 0) is 20.0 Å². The molecule has 3 aromatic rings. The highest BCUT2D eigenvalue weighted by molar-refractivity contribution is 6.06. The minimum absolute atomic E-state index is 0.0463. The van der Waals surface area contributed by atoms with Crippen LogP contribution in [0.5, 0.6) is 0 Å². The molecule has 0 radical (unpaired) electrons. The van der Waals surface area contributed by atoms with Crippen LogP contribution in [-0.4, -0.2) is 56.2 Å². The van der Waals surface area contributed by atoms with E-state index in [1.54, 1.807) is 21.1 Å². The van der Waals surface area contributed by atoms with Gasteiger partial charge in [0.1, 0.15) is 11.5 Å². The molecule has 0 aliphatic carbocycles. The number of imidazole rings is 1. The predicted molar refractivity (Wildman–Crippen MR) is 113 cm³/mol. The van der Waals surface area contributed by atoms with Crippen molar-refractivity contribution in [3.63, 3.8) is 0 Å². The van der Waals surface area contributed by atoms with Gasteiger partial charge in [-0.05, 0) is 19.4 Å². The second-order valence-corrected chi connectivity index (χ2v) is 8.00. The Balaban J connectivity index is 1.51. The summed E-state index contributed by atoms with van der Waals surface area (Å²) in [4.78, 5) is 31.6. The molecule has 0 spiro atoms. The molecule has 0 unspecified atom stereocenters. The summed E-state index contributed by atoms with van der Waals surface area (Å²) in [5, 5.41) is 7.18. The van der Waals surface area contributed by atoms with E-state index in [1.165, 1.54) is 21.3 Å². The quantitative estimate of drug-likeness (QED) is 0.719. The fourth-order valence-corrected chi connectivity index (χ4v) is 3.85. The van der Waals surface area contributed by atoms with Gasteiger partial charge in [-0.15, -0.1) is 0 Å². The van der Waals surface area contributed by atoms with Crippen LogP contribution in [0.2, 0.25) is 0 Å². The van der Waals surface area contributed by atoms with Crippen LogP contribution in [0.4, 0.5) is 0 Å². The average molecular weight is 406 g/mol. The Kier molecular flexibility index (Phi) is 5.15. The largest absolute Gasteiger partial charge is 0.347 e. The first kappa shape index (κ1) is 19.9.